The highest BCUT2D eigenvalue weighted by Gasteiger charge is 2.13. The lowest BCUT2D eigenvalue weighted by atomic mass is 10.1. The molecule has 0 aliphatic rings. The van der Waals surface area contributed by atoms with Gasteiger partial charge in [-0.2, -0.15) is 0 Å². The van der Waals surface area contributed by atoms with Gasteiger partial charge in [0.2, 0.25) is 0 Å². The SMILES string of the molecule is Nc1nc(-c2cscn2)nc(-c2ccccc2)c1I. The largest absolute Gasteiger partial charge is 0.383 e. The summed E-state index contributed by atoms with van der Waals surface area (Å²) >= 11 is 3.69. The molecule has 0 saturated carbocycles. The third-order valence-electron chi connectivity index (χ3n) is 2.59. The van der Waals surface area contributed by atoms with Crippen LogP contribution in [0.2, 0.25) is 0 Å². The van der Waals surface area contributed by atoms with E-state index in [2.05, 4.69) is 37.5 Å². The van der Waals surface area contributed by atoms with Crippen molar-refractivity contribution in [3.05, 3.63) is 44.8 Å². The molecule has 6 heteroatoms. The molecule has 0 bridgehead atoms. The number of hydrogen-bond donors (Lipinski definition) is 1. The molecule has 3 aromatic rings. The minimum absolute atomic E-state index is 0.484. The first kappa shape index (κ1) is 12.5. The molecule has 1 aromatic carbocycles. The number of hydrogen-bond acceptors (Lipinski definition) is 5. The van der Waals surface area contributed by atoms with Gasteiger partial charge < -0.3 is 5.73 Å². The smallest absolute Gasteiger partial charge is 0.181 e. The van der Waals surface area contributed by atoms with Crippen molar-refractivity contribution < 1.29 is 0 Å². The maximum absolute atomic E-state index is 5.98. The number of anilines is 1. The zero-order chi connectivity index (χ0) is 13.2. The molecule has 94 valence electrons. The first-order chi connectivity index (χ1) is 9.25. The molecule has 0 aliphatic carbocycles. The highest BCUT2D eigenvalue weighted by Crippen LogP contribution is 2.29. The lowest BCUT2D eigenvalue weighted by molar-refractivity contribution is 1.15. The van der Waals surface area contributed by atoms with Crippen molar-refractivity contribution in [1.29, 1.82) is 0 Å². The van der Waals surface area contributed by atoms with Crippen molar-refractivity contribution in [2.45, 2.75) is 0 Å². The van der Waals surface area contributed by atoms with E-state index in [-0.39, 0.29) is 0 Å². The Kier molecular flexibility index (Phi) is 3.43. The van der Waals surface area contributed by atoms with Crippen LogP contribution in [0.1, 0.15) is 0 Å². The molecule has 0 fully saturated rings. The third-order valence-corrected chi connectivity index (χ3v) is 4.24. The first-order valence-electron chi connectivity index (χ1n) is 5.52. The molecule has 2 heterocycles. The molecular weight excluding hydrogens is 371 g/mol. The standard InChI is InChI=1S/C13H9IN4S/c14-10-11(8-4-2-1-3-5-8)17-13(18-12(10)15)9-6-19-7-16-9/h1-7H,(H2,15,17,18). The van der Waals surface area contributed by atoms with Gasteiger partial charge in [0.25, 0.3) is 0 Å². The minimum Gasteiger partial charge on any atom is -0.383 e. The Morgan fingerprint density at radius 2 is 1.89 bits per heavy atom. The van der Waals surface area contributed by atoms with Crippen molar-refractivity contribution in [2.75, 3.05) is 5.73 Å². The van der Waals surface area contributed by atoms with Crippen molar-refractivity contribution in [1.82, 2.24) is 15.0 Å². The Bertz CT molecular complexity index is 698. The zero-order valence-corrected chi connectivity index (χ0v) is 12.7. The second-order valence-electron chi connectivity index (χ2n) is 3.83. The molecular formula is C13H9IN4S. The molecule has 4 nitrogen and oxygen atoms in total. The normalized spacial score (nSPS) is 10.6. The number of aromatic nitrogens is 3. The lowest BCUT2D eigenvalue weighted by Crippen LogP contribution is -2.02. The van der Waals surface area contributed by atoms with Gasteiger partial charge in [0.05, 0.1) is 14.8 Å². The van der Waals surface area contributed by atoms with Gasteiger partial charge in [-0.15, -0.1) is 11.3 Å². The van der Waals surface area contributed by atoms with Crippen LogP contribution in [0.5, 0.6) is 0 Å². The van der Waals surface area contributed by atoms with Crippen LogP contribution in [0, 0.1) is 3.57 Å². The number of thiazole rings is 1. The van der Waals surface area contributed by atoms with E-state index < -0.39 is 0 Å². The summed E-state index contributed by atoms with van der Waals surface area (Å²) in [6.07, 6.45) is 0. The monoisotopic (exact) mass is 380 g/mol. The Morgan fingerprint density at radius 3 is 2.58 bits per heavy atom. The van der Waals surface area contributed by atoms with E-state index >= 15 is 0 Å². The second-order valence-corrected chi connectivity index (χ2v) is 5.63. The Hall–Kier alpha value is -1.54. The van der Waals surface area contributed by atoms with Gasteiger partial charge in [0.1, 0.15) is 11.5 Å². The van der Waals surface area contributed by atoms with E-state index in [9.17, 15) is 0 Å². The number of benzene rings is 1. The molecule has 0 amide bonds. The molecule has 0 saturated heterocycles. The van der Waals surface area contributed by atoms with Crippen LogP contribution in [0.25, 0.3) is 22.8 Å². The third kappa shape index (κ3) is 2.45. The second kappa shape index (κ2) is 5.22. The van der Waals surface area contributed by atoms with Crippen molar-refractivity contribution in [3.8, 4) is 22.8 Å². The molecule has 0 aliphatic heterocycles. The van der Waals surface area contributed by atoms with E-state index in [1.165, 1.54) is 11.3 Å². The van der Waals surface area contributed by atoms with Crippen LogP contribution < -0.4 is 5.73 Å². The summed E-state index contributed by atoms with van der Waals surface area (Å²) in [5.41, 5.74) is 10.4. The summed E-state index contributed by atoms with van der Waals surface area (Å²) in [5, 5.41) is 1.91. The highest BCUT2D eigenvalue weighted by molar-refractivity contribution is 14.1. The highest BCUT2D eigenvalue weighted by atomic mass is 127. The van der Waals surface area contributed by atoms with Crippen molar-refractivity contribution in [3.63, 3.8) is 0 Å². The Balaban J connectivity index is 2.20. The van der Waals surface area contributed by atoms with Crippen LogP contribution in [-0.2, 0) is 0 Å². The molecule has 0 atom stereocenters. The van der Waals surface area contributed by atoms with E-state index in [4.69, 9.17) is 5.73 Å². The summed E-state index contributed by atoms with van der Waals surface area (Å²) in [6, 6.07) is 9.95. The average molecular weight is 380 g/mol. The number of nitrogens with two attached hydrogens (primary N) is 1. The van der Waals surface area contributed by atoms with Gasteiger partial charge >= 0.3 is 0 Å². The average Bonchev–Trinajstić information content (AvgIpc) is 2.97. The number of nitrogen functional groups attached to an aromatic ring is 1. The van der Waals surface area contributed by atoms with Gasteiger partial charge in [-0.3, -0.25) is 0 Å². The van der Waals surface area contributed by atoms with Gasteiger partial charge in [-0.25, -0.2) is 15.0 Å². The van der Waals surface area contributed by atoms with Crippen LogP contribution >= 0.6 is 33.9 Å². The van der Waals surface area contributed by atoms with E-state index in [0.717, 1.165) is 20.5 Å². The molecule has 3 rings (SSSR count). The first-order valence-corrected chi connectivity index (χ1v) is 7.55. The fourth-order valence-corrected chi connectivity index (χ4v) is 2.77. The van der Waals surface area contributed by atoms with Crippen molar-refractivity contribution >= 4 is 39.7 Å². The lowest BCUT2D eigenvalue weighted by Gasteiger charge is -2.08. The van der Waals surface area contributed by atoms with E-state index in [1.54, 1.807) is 5.51 Å². The zero-order valence-electron chi connectivity index (χ0n) is 9.75. The predicted octanol–water partition coefficient (Wildman–Crippen LogP) is 3.45. The maximum atomic E-state index is 5.98. The summed E-state index contributed by atoms with van der Waals surface area (Å²) in [4.78, 5) is 13.1. The van der Waals surface area contributed by atoms with Crippen molar-refractivity contribution in [2.24, 2.45) is 0 Å². The Morgan fingerprint density at radius 1 is 1.11 bits per heavy atom. The summed E-state index contributed by atoms with van der Waals surface area (Å²) in [6.45, 7) is 0. The fraction of sp³-hybridized carbons (Fsp3) is 0. The molecule has 2 N–H and O–H groups in total. The van der Waals surface area contributed by atoms with Gasteiger partial charge in [-0.05, 0) is 22.6 Å². The Labute approximate surface area is 127 Å². The quantitative estimate of drug-likeness (QED) is 0.692. The summed E-state index contributed by atoms with van der Waals surface area (Å²) in [5.74, 6) is 1.05. The van der Waals surface area contributed by atoms with Crippen LogP contribution in [0.3, 0.4) is 0 Å². The summed E-state index contributed by atoms with van der Waals surface area (Å²) < 4.78 is 0.864. The maximum Gasteiger partial charge on any atom is 0.181 e. The van der Waals surface area contributed by atoms with Gasteiger partial charge in [0.15, 0.2) is 5.82 Å². The molecule has 2 aromatic heterocycles. The minimum atomic E-state index is 0.484. The number of halogens is 1. The summed E-state index contributed by atoms with van der Waals surface area (Å²) in [7, 11) is 0. The van der Waals surface area contributed by atoms with Crippen LogP contribution in [-0.4, -0.2) is 15.0 Å². The van der Waals surface area contributed by atoms with Crippen LogP contribution in [0.15, 0.2) is 41.2 Å². The van der Waals surface area contributed by atoms with Gasteiger partial charge in [-0.1, -0.05) is 30.3 Å². The molecule has 0 spiro atoms. The number of nitrogens with zero attached hydrogens (tertiary/aromatic N) is 3. The predicted molar refractivity (Wildman–Crippen MR) is 85.7 cm³/mol. The molecule has 0 unspecified atom stereocenters. The van der Waals surface area contributed by atoms with Crippen LogP contribution in [0.4, 0.5) is 5.82 Å². The topological polar surface area (TPSA) is 64.7 Å². The van der Waals surface area contributed by atoms with E-state index in [1.807, 2.05) is 35.7 Å². The molecule has 19 heavy (non-hydrogen) atoms. The van der Waals surface area contributed by atoms with Gasteiger partial charge in [0, 0.05) is 10.9 Å². The fourth-order valence-electron chi connectivity index (χ4n) is 1.69. The van der Waals surface area contributed by atoms with E-state index in [0.29, 0.717) is 11.6 Å². The molecule has 0 radical (unpaired) electrons. The number of rotatable bonds is 2.